The molecule has 1 nitrogen and oxygen atoms in total. The molecule has 0 unspecified atom stereocenters. The van der Waals surface area contributed by atoms with E-state index < -0.39 is 0 Å². The van der Waals surface area contributed by atoms with E-state index in [2.05, 4.69) is 41.9 Å². The Labute approximate surface area is 105 Å². The van der Waals surface area contributed by atoms with E-state index in [0.29, 0.717) is 0 Å². The maximum atomic E-state index is 12.4. The van der Waals surface area contributed by atoms with Gasteiger partial charge in [-0.15, -0.1) is 0 Å². The Morgan fingerprint density at radius 3 is 2.56 bits per heavy atom. The maximum absolute atomic E-state index is 12.4. The highest BCUT2D eigenvalue weighted by atomic mass is 79.9. The highest BCUT2D eigenvalue weighted by Crippen LogP contribution is 2.38. The van der Waals surface area contributed by atoms with E-state index in [4.69, 9.17) is 0 Å². The van der Waals surface area contributed by atoms with Crippen LogP contribution in [-0.2, 0) is 0 Å². The Bertz CT molecular complexity index is 456. The first-order chi connectivity index (χ1) is 7.63. The van der Waals surface area contributed by atoms with E-state index in [-0.39, 0.29) is 11.2 Å². The molecule has 16 heavy (non-hydrogen) atoms. The molecule has 0 saturated heterocycles. The van der Waals surface area contributed by atoms with Crippen LogP contribution in [0.25, 0.3) is 6.08 Å². The Morgan fingerprint density at radius 2 is 1.94 bits per heavy atom. The lowest BCUT2D eigenvalue weighted by Gasteiger charge is -2.30. The number of allylic oxidation sites excluding steroid dienone is 1. The minimum absolute atomic E-state index is 0.266. The molecule has 0 aromatic heterocycles. The highest BCUT2D eigenvalue weighted by Gasteiger charge is 2.36. The van der Waals surface area contributed by atoms with Gasteiger partial charge in [0.15, 0.2) is 5.78 Å². The molecule has 0 atom stereocenters. The van der Waals surface area contributed by atoms with Gasteiger partial charge in [0.05, 0.1) is 5.41 Å². The second-order valence-electron chi connectivity index (χ2n) is 4.26. The molecular weight excluding hydrogens is 264 g/mol. The number of carbonyl (C=O) groups excluding carboxylic acids is 1. The van der Waals surface area contributed by atoms with Crippen LogP contribution in [-0.4, -0.2) is 5.78 Å². The lowest BCUT2D eigenvalue weighted by molar-refractivity contribution is 0.0838. The summed E-state index contributed by atoms with van der Waals surface area (Å²) in [6, 6.07) is 5.86. The summed E-state index contributed by atoms with van der Waals surface area (Å²) in [5, 5.41) is 0. The Morgan fingerprint density at radius 1 is 1.25 bits per heavy atom. The highest BCUT2D eigenvalue weighted by molar-refractivity contribution is 9.10. The van der Waals surface area contributed by atoms with Crippen LogP contribution in [0, 0.1) is 5.41 Å². The molecule has 1 aromatic carbocycles. The molecule has 1 aliphatic carbocycles. The van der Waals surface area contributed by atoms with Crippen molar-refractivity contribution < 1.29 is 4.79 Å². The fourth-order valence-electron chi connectivity index (χ4n) is 2.28. The van der Waals surface area contributed by atoms with E-state index in [1.54, 1.807) is 0 Å². The van der Waals surface area contributed by atoms with Crippen LogP contribution in [0.1, 0.15) is 42.6 Å². The quantitative estimate of drug-likeness (QED) is 0.780. The standard InChI is InChI=1S/C14H15BrO/c1-3-14(4-2)8-7-10-9-11(15)5-6-12(10)13(14)16/h5-9H,3-4H2,1-2H3. The first-order valence-electron chi connectivity index (χ1n) is 5.66. The van der Waals surface area contributed by atoms with Crippen LogP contribution in [0.3, 0.4) is 0 Å². The number of carbonyl (C=O) groups is 1. The second kappa shape index (κ2) is 4.17. The van der Waals surface area contributed by atoms with E-state index in [1.165, 1.54) is 0 Å². The van der Waals surface area contributed by atoms with Crippen LogP contribution in [0.15, 0.2) is 28.7 Å². The van der Waals surface area contributed by atoms with Gasteiger partial charge in [-0.3, -0.25) is 4.79 Å². The van der Waals surface area contributed by atoms with E-state index in [1.807, 2.05) is 18.2 Å². The molecule has 0 aliphatic heterocycles. The first-order valence-corrected chi connectivity index (χ1v) is 6.46. The molecule has 2 heteroatoms. The summed E-state index contributed by atoms with van der Waals surface area (Å²) in [5.41, 5.74) is 1.60. The van der Waals surface area contributed by atoms with Crippen LogP contribution < -0.4 is 0 Å². The number of benzene rings is 1. The summed E-state index contributed by atoms with van der Waals surface area (Å²) >= 11 is 3.43. The zero-order chi connectivity index (χ0) is 11.8. The molecule has 2 rings (SSSR count). The van der Waals surface area contributed by atoms with Crippen LogP contribution in [0.5, 0.6) is 0 Å². The number of hydrogen-bond acceptors (Lipinski definition) is 1. The number of hydrogen-bond donors (Lipinski definition) is 0. The zero-order valence-corrected chi connectivity index (χ0v) is 11.2. The predicted octanol–water partition coefficient (Wildman–Crippen LogP) is 4.47. The van der Waals surface area contributed by atoms with Crippen molar-refractivity contribution in [1.82, 2.24) is 0 Å². The fraction of sp³-hybridized carbons (Fsp3) is 0.357. The van der Waals surface area contributed by atoms with Gasteiger partial charge in [0.25, 0.3) is 0 Å². The molecule has 84 valence electrons. The van der Waals surface area contributed by atoms with Crippen molar-refractivity contribution in [2.75, 3.05) is 0 Å². The lowest BCUT2D eigenvalue weighted by Crippen LogP contribution is -2.30. The van der Waals surface area contributed by atoms with E-state index >= 15 is 0 Å². The van der Waals surface area contributed by atoms with Gasteiger partial charge in [-0.25, -0.2) is 0 Å². The molecule has 0 bridgehead atoms. The van der Waals surface area contributed by atoms with Gasteiger partial charge in [-0.1, -0.05) is 41.9 Å². The van der Waals surface area contributed by atoms with Gasteiger partial charge in [-0.2, -0.15) is 0 Å². The summed E-state index contributed by atoms with van der Waals surface area (Å²) in [5.74, 6) is 0.266. The Balaban J connectivity index is 2.55. The number of rotatable bonds is 2. The summed E-state index contributed by atoms with van der Waals surface area (Å²) in [6.07, 6.45) is 5.89. The molecule has 0 radical (unpaired) electrons. The lowest BCUT2D eigenvalue weighted by atomic mass is 9.71. The van der Waals surface area contributed by atoms with Crippen LogP contribution >= 0.6 is 15.9 Å². The number of fused-ring (bicyclic) bond motifs is 1. The average molecular weight is 279 g/mol. The number of Topliss-reactive ketones (excluding diaryl/α,β-unsaturated/α-hetero) is 1. The Hall–Kier alpha value is -0.890. The molecule has 0 heterocycles. The predicted molar refractivity (Wildman–Crippen MR) is 70.5 cm³/mol. The third kappa shape index (κ3) is 1.65. The summed E-state index contributed by atoms with van der Waals surface area (Å²) in [4.78, 5) is 12.4. The van der Waals surface area contributed by atoms with Crippen molar-refractivity contribution >= 4 is 27.8 Å². The molecule has 0 spiro atoms. The SMILES string of the molecule is CCC1(CC)C=Cc2cc(Br)ccc2C1=O. The van der Waals surface area contributed by atoms with Gasteiger partial charge in [0, 0.05) is 10.0 Å². The Kier molecular flexibility index (Phi) is 3.02. The summed E-state index contributed by atoms with van der Waals surface area (Å²) < 4.78 is 1.02. The van der Waals surface area contributed by atoms with Gasteiger partial charge in [0.2, 0.25) is 0 Å². The molecule has 0 saturated carbocycles. The molecule has 0 N–H and O–H groups in total. The summed E-state index contributed by atoms with van der Waals surface area (Å²) in [7, 11) is 0. The van der Waals surface area contributed by atoms with Crippen LogP contribution in [0.2, 0.25) is 0 Å². The van der Waals surface area contributed by atoms with Gasteiger partial charge in [0.1, 0.15) is 0 Å². The third-order valence-electron chi connectivity index (χ3n) is 3.55. The van der Waals surface area contributed by atoms with Gasteiger partial charge >= 0.3 is 0 Å². The molecule has 1 aromatic rings. The van der Waals surface area contributed by atoms with Gasteiger partial charge in [-0.05, 0) is 36.6 Å². The van der Waals surface area contributed by atoms with E-state index in [9.17, 15) is 4.79 Å². The van der Waals surface area contributed by atoms with Crippen molar-refractivity contribution in [3.8, 4) is 0 Å². The van der Waals surface area contributed by atoms with Crippen molar-refractivity contribution in [2.45, 2.75) is 26.7 Å². The monoisotopic (exact) mass is 278 g/mol. The van der Waals surface area contributed by atoms with E-state index in [0.717, 1.165) is 28.4 Å². The van der Waals surface area contributed by atoms with Gasteiger partial charge < -0.3 is 0 Å². The fourth-order valence-corrected chi connectivity index (χ4v) is 2.66. The minimum atomic E-state index is -0.277. The average Bonchev–Trinajstić information content (AvgIpc) is 2.30. The topological polar surface area (TPSA) is 17.1 Å². The molecule has 0 fully saturated rings. The second-order valence-corrected chi connectivity index (χ2v) is 5.17. The third-order valence-corrected chi connectivity index (χ3v) is 4.05. The molecular formula is C14H15BrO. The van der Waals surface area contributed by atoms with Crippen molar-refractivity contribution in [3.05, 3.63) is 39.9 Å². The maximum Gasteiger partial charge on any atom is 0.173 e. The van der Waals surface area contributed by atoms with Crippen molar-refractivity contribution in [2.24, 2.45) is 5.41 Å². The zero-order valence-electron chi connectivity index (χ0n) is 9.59. The van der Waals surface area contributed by atoms with Crippen molar-refractivity contribution in [1.29, 1.82) is 0 Å². The molecule has 0 amide bonds. The van der Waals surface area contributed by atoms with Crippen LogP contribution in [0.4, 0.5) is 0 Å². The minimum Gasteiger partial charge on any atom is -0.293 e. The first kappa shape index (κ1) is 11.6. The van der Waals surface area contributed by atoms with Crippen molar-refractivity contribution in [3.63, 3.8) is 0 Å². The normalized spacial score (nSPS) is 17.3. The largest absolute Gasteiger partial charge is 0.293 e. The molecule has 1 aliphatic rings. The number of halogens is 1. The number of ketones is 1. The summed E-state index contributed by atoms with van der Waals surface area (Å²) in [6.45, 7) is 4.16. The smallest absolute Gasteiger partial charge is 0.173 e.